The molecule has 1 aliphatic carbocycles. The molecule has 2 heteroatoms. The van der Waals surface area contributed by atoms with Crippen LogP contribution in [0.4, 0.5) is 0 Å². The third-order valence-electron chi connectivity index (χ3n) is 3.45. The summed E-state index contributed by atoms with van der Waals surface area (Å²) in [5, 5.41) is 0. The van der Waals surface area contributed by atoms with Crippen LogP contribution in [0, 0.1) is 5.92 Å². The average molecular weight is 204 g/mol. The summed E-state index contributed by atoms with van der Waals surface area (Å²) in [6, 6.07) is 4.44. The highest BCUT2D eigenvalue weighted by atomic mass is 14.7. The van der Waals surface area contributed by atoms with Crippen molar-refractivity contribution in [1.29, 1.82) is 0 Å². The van der Waals surface area contributed by atoms with Gasteiger partial charge in [0.2, 0.25) is 0 Å². The minimum atomic E-state index is 0.328. The van der Waals surface area contributed by atoms with Gasteiger partial charge in [-0.2, -0.15) is 0 Å². The van der Waals surface area contributed by atoms with Gasteiger partial charge in [0.25, 0.3) is 0 Å². The molecule has 1 fully saturated rings. The van der Waals surface area contributed by atoms with E-state index in [9.17, 15) is 0 Å². The summed E-state index contributed by atoms with van der Waals surface area (Å²) in [6.07, 6.45) is 11.5. The Kier molecular flexibility index (Phi) is 3.73. The van der Waals surface area contributed by atoms with E-state index >= 15 is 0 Å². The molecule has 1 heterocycles. The molecule has 2 nitrogen and oxygen atoms in total. The van der Waals surface area contributed by atoms with Gasteiger partial charge in [-0.05, 0) is 36.8 Å². The van der Waals surface area contributed by atoms with Crippen LogP contribution in [0.2, 0.25) is 0 Å². The summed E-state index contributed by atoms with van der Waals surface area (Å²) >= 11 is 0. The third-order valence-corrected chi connectivity index (χ3v) is 3.45. The summed E-state index contributed by atoms with van der Waals surface area (Å²) < 4.78 is 0. The van der Waals surface area contributed by atoms with Crippen LogP contribution in [-0.2, 0) is 6.42 Å². The molecule has 1 saturated carbocycles. The number of pyridine rings is 1. The molecule has 15 heavy (non-hydrogen) atoms. The topological polar surface area (TPSA) is 38.9 Å². The fourth-order valence-electron chi connectivity index (χ4n) is 2.52. The lowest BCUT2D eigenvalue weighted by Crippen LogP contribution is -2.33. The first-order valence-electron chi connectivity index (χ1n) is 6.01. The van der Waals surface area contributed by atoms with Crippen LogP contribution in [0.1, 0.15) is 37.7 Å². The van der Waals surface area contributed by atoms with Crippen LogP contribution in [0.5, 0.6) is 0 Å². The molecule has 2 rings (SSSR count). The van der Waals surface area contributed by atoms with E-state index in [1.54, 1.807) is 0 Å². The van der Waals surface area contributed by atoms with Crippen molar-refractivity contribution in [2.45, 2.75) is 44.6 Å². The molecule has 1 aromatic rings. The van der Waals surface area contributed by atoms with Crippen molar-refractivity contribution < 1.29 is 0 Å². The first kappa shape index (κ1) is 10.6. The van der Waals surface area contributed by atoms with Crippen molar-refractivity contribution in [3.63, 3.8) is 0 Å². The molecule has 0 radical (unpaired) electrons. The highest BCUT2D eigenvalue weighted by molar-refractivity contribution is 5.10. The van der Waals surface area contributed by atoms with Gasteiger partial charge in [-0.25, -0.2) is 0 Å². The molecule has 0 amide bonds. The second-order valence-electron chi connectivity index (χ2n) is 4.63. The highest BCUT2D eigenvalue weighted by Crippen LogP contribution is 2.26. The van der Waals surface area contributed by atoms with Gasteiger partial charge in [-0.1, -0.05) is 25.3 Å². The van der Waals surface area contributed by atoms with Crippen molar-refractivity contribution in [2.24, 2.45) is 11.7 Å². The van der Waals surface area contributed by atoms with Crippen LogP contribution in [0.3, 0.4) is 0 Å². The van der Waals surface area contributed by atoms with Gasteiger partial charge in [-0.3, -0.25) is 4.98 Å². The molecule has 0 bridgehead atoms. The fraction of sp³-hybridized carbons (Fsp3) is 0.615. The molecule has 0 saturated heterocycles. The summed E-state index contributed by atoms with van der Waals surface area (Å²) in [5.74, 6) is 0.735. The predicted molar refractivity (Wildman–Crippen MR) is 62.5 cm³/mol. The Morgan fingerprint density at radius 1 is 1.33 bits per heavy atom. The molecule has 1 aliphatic rings. The first-order valence-corrected chi connectivity index (χ1v) is 6.01. The smallest absolute Gasteiger partial charge is 0.0300 e. The van der Waals surface area contributed by atoms with Crippen molar-refractivity contribution >= 4 is 0 Å². The zero-order valence-electron chi connectivity index (χ0n) is 9.23. The Hall–Kier alpha value is -0.890. The van der Waals surface area contributed by atoms with Crippen LogP contribution in [0.25, 0.3) is 0 Å². The zero-order chi connectivity index (χ0) is 10.5. The monoisotopic (exact) mass is 204 g/mol. The summed E-state index contributed by atoms with van der Waals surface area (Å²) in [7, 11) is 0. The Labute approximate surface area is 91.9 Å². The maximum Gasteiger partial charge on any atom is 0.0300 e. The van der Waals surface area contributed by atoms with Gasteiger partial charge in [0.15, 0.2) is 0 Å². The van der Waals surface area contributed by atoms with Crippen LogP contribution in [0.15, 0.2) is 24.5 Å². The van der Waals surface area contributed by atoms with E-state index in [1.807, 2.05) is 18.5 Å². The quantitative estimate of drug-likeness (QED) is 0.821. The second kappa shape index (κ2) is 5.26. The van der Waals surface area contributed by atoms with Crippen molar-refractivity contribution in [3.8, 4) is 0 Å². The molecule has 1 atom stereocenters. The number of aromatic nitrogens is 1. The molecular formula is C13H20N2. The van der Waals surface area contributed by atoms with E-state index in [1.165, 1.54) is 37.7 Å². The Morgan fingerprint density at radius 2 is 2.13 bits per heavy atom. The van der Waals surface area contributed by atoms with Gasteiger partial charge in [-0.15, -0.1) is 0 Å². The summed E-state index contributed by atoms with van der Waals surface area (Å²) in [4.78, 5) is 4.13. The second-order valence-corrected chi connectivity index (χ2v) is 4.63. The van der Waals surface area contributed by atoms with Crippen molar-refractivity contribution in [1.82, 2.24) is 4.98 Å². The minimum absolute atomic E-state index is 0.328. The lowest BCUT2D eigenvalue weighted by molar-refractivity contribution is 0.303. The molecule has 1 unspecified atom stereocenters. The van der Waals surface area contributed by atoms with E-state index in [0.717, 1.165) is 12.3 Å². The molecule has 82 valence electrons. The number of nitrogens with zero attached hydrogens (tertiary/aromatic N) is 1. The minimum Gasteiger partial charge on any atom is -0.327 e. The molecule has 0 spiro atoms. The maximum absolute atomic E-state index is 6.25. The SMILES string of the molecule is NC(Cc1cccnc1)C1CCCCC1. The lowest BCUT2D eigenvalue weighted by Gasteiger charge is -2.27. The van der Waals surface area contributed by atoms with E-state index in [2.05, 4.69) is 11.1 Å². The number of hydrogen-bond donors (Lipinski definition) is 1. The normalized spacial score (nSPS) is 20.1. The first-order chi connectivity index (χ1) is 7.36. The fourth-order valence-corrected chi connectivity index (χ4v) is 2.52. The number of rotatable bonds is 3. The van der Waals surface area contributed by atoms with E-state index in [0.29, 0.717) is 6.04 Å². The lowest BCUT2D eigenvalue weighted by atomic mass is 9.82. The van der Waals surface area contributed by atoms with Gasteiger partial charge in [0.1, 0.15) is 0 Å². The predicted octanol–water partition coefficient (Wildman–Crippen LogP) is 2.53. The van der Waals surface area contributed by atoms with Gasteiger partial charge >= 0.3 is 0 Å². The van der Waals surface area contributed by atoms with Gasteiger partial charge in [0.05, 0.1) is 0 Å². The summed E-state index contributed by atoms with van der Waals surface area (Å²) in [5.41, 5.74) is 7.53. The maximum atomic E-state index is 6.25. The number of hydrogen-bond acceptors (Lipinski definition) is 2. The third kappa shape index (κ3) is 3.03. The van der Waals surface area contributed by atoms with Crippen LogP contribution < -0.4 is 5.73 Å². The summed E-state index contributed by atoms with van der Waals surface area (Å²) in [6.45, 7) is 0. The largest absolute Gasteiger partial charge is 0.327 e. The van der Waals surface area contributed by atoms with Crippen molar-refractivity contribution in [2.75, 3.05) is 0 Å². The van der Waals surface area contributed by atoms with Gasteiger partial charge < -0.3 is 5.73 Å². The molecule has 0 aliphatic heterocycles. The average Bonchev–Trinajstić information content (AvgIpc) is 2.31. The highest BCUT2D eigenvalue weighted by Gasteiger charge is 2.20. The Balaban J connectivity index is 1.88. The zero-order valence-corrected chi connectivity index (χ0v) is 9.23. The van der Waals surface area contributed by atoms with Crippen LogP contribution in [-0.4, -0.2) is 11.0 Å². The Morgan fingerprint density at radius 3 is 2.80 bits per heavy atom. The van der Waals surface area contributed by atoms with E-state index < -0.39 is 0 Å². The van der Waals surface area contributed by atoms with Crippen molar-refractivity contribution in [3.05, 3.63) is 30.1 Å². The van der Waals surface area contributed by atoms with Gasteiger partial charge in [0, 0.05) is 18.4 Å². The standard InChI is InChI=1S/C13H20N2/c14-13(12-6-2-1-3-7-12)9-11-5-4-8-15-10-11/h4-5,8,10,12-13H,1-3,6-7,9,14H2. The Bertz CT molecular complexity index is 278. The molecular weight excluding hydrogens is 184 g/mol. The van der Waals surface area contributed by atoms with E-state index in [4.69, 9.17) is 5.73 Å². The number of nitrogens with two attached hydrogens (primary N) is 1. The van der Waals surface area contributed by atoms with Crippen LogP contribution >= 0.6 is 0 Å². The molecule has 0 aromatic carbocycles. The molecule has 1 aromatic heterocycles. The molecule has 2 N–H and O–H groups in total. The van der Waals surface area contributed by atoms with E-state index in [-0.39, 0.29) is 0 Å².